The maximum atomic E-state index is 12.6. The van der Waals surface area contributed by atoms with Crippen LogP contribution in [0.25, 0.3) is 0 Å². The van der Waals surface area contributed by atoms with Crippen molar-refractivity contribution in [3.8, 4) is 11.8 Å². The van der Waals surface area contributed by atoms with Crippen LogP contribution in [0.5, 0.6) is 0 Å². The molecule has 0 aromatic heterocycles. The van der Waals surface area contributed by atoms with E-state index in [2.05, 4.69) is 11.8 Å². The van der Waals surface area contributed by atoms with Gasteiger partial charge in [-0.3, -0.25) is 0 Å². The molecule has 7 heteroatoms. The van der Waals surface area contributed by atoms with Gasteiger partial charge in [-0.15, -0.1) is 5.92 Å². The second-order valence-electron chi connectivity index (χ2n) is 8.62. The number of ether oxygens (including phenoxy) is 2. The van der Waals surface area contributed by atoms with Crippen LogP contribution in [0.3, 0.4) is 0 Å². The monoisotopic (exact) mass is 467 g/mol. The molecule has 0 fully saturated rings. The molecule has 0 bridgehead atoms. The molecular weight excluding hydrogens is 434 g/mol. The van der Waals surface area contributed by atoms with E-state index in [0.29, 0.717) is 19.3 Å². The van der Waals surface area contributed by atoms with Crippen LogP contribution >= 0.6 is 0 Å². The van der Waals surface area contributed by atoms with Crippen LogP contribution in [-0.2, 0) is 22.7 Å². The zero-order valence-electron chi connectivity index (χ0n) is 20.0. The van der Waals surface area contributed by atoms with E-state index in [9.17, 15) is 19.8 Å². The summed E-state index contributed by atoms with van der Waals surface area (Å²) in [7, 11) is 0. The lowest BCUT2D eigenvalue weighted by molar-refractivity contribution is -0.0821. The largest absolute Gasteiger partial charge is 0.444 e. The van der Waals surface area contributed by atoms with Crippen LogP contribution in [0, 0.1) is 11.8 Å². The highest BCUT2D eigenvalue weighted by Crippen LogP contribution is 2.20. The number of imide groups is 1. The Kier molecular flexibility index (Phi) is 10.1. The predicted molar refractivity (Wildman–Crippen MR) is 129 cm³/mol. The van der Waals surface area contributed by atoms with Crippen LogP contribution < -0.4 is 0 Å². The van der Waals surface area contributed by atoms with Crippen LogP contribution in [-0.4, -0.2) is 45.0 Å². The molecule has 0 radical (unpaired) electrons. The highest BCUT2D eigenvalue weighted by atomic mass is 16.6. The number of nitrogens with zero attached hydrogens (tertiary/aromatic N) is 1. The first-order chi connectivity index (χ1) is 16.1. The van der Waals surface area contributed by atoms with Crippen molar-refractivity contribution in [1.82, 2.24) is 4.90 Å². The van der Waals surface area contributed by atoms with Crippen molar-refractivity contribution in [1.29, 1.82) is 0 Å². The molecule has 2 aromatic carbocycles. The summed E-state index contributed by atoms with van der Waals surface area (Å²) < 4.78 is 10.6. The van der Waals surface area contributed by atoms with E-state index >= 15 is 0 Å². The van der Waals surface area contributed by atoms with Gasteiger partial charge in [0.1, 0.15) is 13.2 Å². The quantitative estimate of drug-likeness (QED) is 0.411. The average Bonchev–Trinajstić information content (AvgIpc) is 2.81. The zero-order valence-corrected chi connectivity index (χ0v) is 20.0. The van der Waals surface area contributed by atoms with E-state index in [4.69, 9.17) is 9.47 Å². The van der Waals surface area contributed by atoms with Crippen molar-refractivity contribution in [2.75, 3.05) is 6.54 Å². The minimum absolute atomic E-state index is 0.0413. The number of rotatable bonds is 9. The van der Waals surface area contributed by atoms with Gasteiger partial charge in [-0.05, 0) is 44.7 Å². The van der Waals surface area contributed by atoms with Crippen molar-refractivity contribution in [2.45, 2.75) is 64.4 Å². The van der Waals surface area contributed by atoms with Crippen LogP contribution in [0.4, 0.5) is 9.59 Å². The molecular formula is C27H33NO6. The van der Waals surface area contributed by atoms with E-state index in [0.717, 1.165) is 16.0 Å². The second kappa shape index (κ2) is 12.8. The molecule has 0 spiro atoms. The lowest BCUT2D eigenvalue weighted by Crippen LogP contribution is -2.46. The summed E-state index contributed by atoms with van der Waals surface area (Å²) in [6.45, 7) is 4.61. The molecule has 0 heterocycles. The first-order valence-electron chi connectivity index (χ1n) is 11.2. The van der Waals surface area contributed by atoms with Crippen LogP contribution in [0.2, 0.25) is 0 Å². The normalized spacial score (nSPS) is 12.6. The number of carbonyl (C=O) groups excluding carboxylic acids is 2. The maximum absolute atomic E-state index is 12.6. The average molecular weight is 468 g/mol. The summed E-state index contributed by atoms with van der Waals surface area (Å²) in [5, 5.41) is 20.1. The third-order valence-electron chi connectivity index (χ3n) is 5.31. The lowest BCUT2D eigenvalue weighted by Gasteiger charge is -2.30. The lowest BCUT2D eigenvalue weighted by atomic mass is 9.88. The minimum Gasteiger partial charge on any atom is -0.444 e. The standard InChI is InChI=1S/C27H33NO6/c1-26(2,31)27(3,32)18-12-4-5-13-19-28(24(29)33-20-22-14-8-6-9-15-22)25(30)34-21-23-16-10-7-11-17-23/h6-11,14-17,31-32H,4-5,13,19-21H2,1-3H3. The van der Waals surface area contributed by atoms with E-state index in [1.807, 2.05) is 60.7 Å². The van der Waals surface area contributed by atoms with Gasteiger partial charge in [-0.1, -0.05) is 66.6 Å². The van der Waals surface area contributed by atoms with Gasteiger partial charge in [0.25, 0.3) is 0 Å². The Labute approximate surface area is 201 Å². The Morgan fingerprint density at radius 1 is 0.824 bits per heavy atom. The molecule has 0 saturated heterocycles. The topological polar surface area (TPSA) is 96.3 Å². The predicted octanol–water partition coefficient (Wildman–Crippen LogP) is 4.66. The first kappa shape index (κ1) is 26.9. The van der Waals surface area contributed by atoms with Crippen LogP contribution in [0.15, 0.2) is 60.7 Å². The van der Waals surface area contributed by atoms with Gasteiger partial charge >= 0.3 is 12.2 Å². The maximum Gasteiger partial charge on any atom is 0.419 e. The molecule has 2 rings (SSSR count). The van der Waals surface area contributed by atoms with Crippen molar-refractivity contribution in [3.63, 3.8) is 0 Å². The molecule has 0 aliphatic rings. The van der Waals surface area contributed by atoms with Gasteiger partial charge in [-0.25, -0.2) is 14.5 Å². The fourth-order valence-corrected chi connectivity index (χ4v) is 2.72. The second-order valence-corrected chi connectivity index (χ2v) is 8.62. The summed E-state index contributed by atoms with van der Waals surface area (Å²) in [4.78, 5) is 26.2. The SMILES string of the molecule is CC(C)(O)C(C)(O)C#CCCCCN(C(=O)OCc1ccccc1)C(=O)OCc1ccccc1. The third kappa shape index (κ3) is 8.89. The number of benzene rings is 2. The fraction of sp³-hybridized carbons (Fsp3) is 0.407. The van der Waals surface area contributed by atoms with Crippen molar-refractivity contribution in [2.24, 2.45) is 0 Å². The molecule has 1 atom stereocenters. The Morgan fingerprint density at radius 2 is 1.29 bits per heavy atom. The van der Waals surface area contributed by atoms with Gasteiger partial charge in [0, 0.05) is 13.0 Å². The number of unbranched alkanes of at least 4 members (excludes halogenated alkanes) is 2. The van der Waals surface area contributed by atoms with Crippen molar-refractivity contribution < 1.29 is 29.3 Å². The fourth-order valence-electron chi connectivity index (χ4n) is 2.72. The first-order valence-corrected chi connectivity index (χ1v) is 11.2. The van der Waals surface area contributed by atoms with Gasteiger partial charge in [-0.2, -0.15) is 0 Å². The Morgan fingerprint density at radius 3 is 1.74 bits per heavy atom. The van der Waals surface area contributed by atoms with Crippen molar-refractivity contribution in [3.05, 3.63) is 71.8 Å². The van der Waals surface area contributed by atoms with E-state index < -0.39 is 23.4 Å². The summed E-state index contributed by atoms with van der Waals surface area (Å²) in [6, 6.07) is 18.4. The number of amides is 2. The number of aliphatic hydroxyl groups is 2. The summed E-state index contributed by atoms with van der Waals surface area (Å²) in [6.07, 6.45) is -0.0853. The zero-order chi connectivity index (χ0) is 25.0. The smallest absolute Gasteiger partial charge is 0.419 e. The minimum atomic E-state index is -1.54. The molecule has 2 aromatic rings. The molecule has 0 aliphatic heterocycles. The highest BCUT2D eigenvalue weighted by molar-refractivity contribution is 5.87. The molecule has 34 heavy (non-hydrogen) atoms. The summed E-state index contributed by atoms with van der Waals surface area (Å²) >= 11 is 0. The molecule has 2 amide bonds. The van der Waals surface area contributed by atoms with E-state index in [1.54, 1.807) is 0 Å². The van der Waals surface area contributed by atoms with Crippen LogP contribution in [0.1, 0.15) is 51.2 Å². The Balaban J connectivity index is 1.93. The molecule has 182 valence electrons. The number of carbonyl (C=O) groups is 2. The highest BCUT2D eigenvalue weighted by Gasteiger charge is 2.35. The van der Waals surface area contributed by atoms with E-state index in [-0.39, 0.29) is 19.8 Å². The van der Waals surface area contributed by atoms with Gasteiger partial charge in [0.15, 0.2) is 5.60 Å². The molecule has 2 N–H and O–H groups in total. The van der Waals surface area contributed by atoms with E-state index in [1.165, 1.54) is 20.8 Å². The number of hydrogen-bond donors (Lipinski definition) is 2. The summed E-state index contributed by atoms with van der Waals surface area (Å²) in [5.41, 5.74) is -1.28. The van der Waals surface area contributed by atoms with Gasteiger partial charge in [0.2, 0.25) is 0 Å². The molecule has 0 aliphatic carbocycles. The molecule has 7 nitrogen and oxygen atoms in total. The molecule has 0 saturated carbocycles. The molecule has 1 unspecified atom stereocenters. The number of hydrogen-bond acceptors (Lipinski definition) is 6. The Hall–Kier alpha value is -3.34. The summed E-state index contributed by atoms with van der Waals surface area (Å²) in [5.74, 6) is 5.52. The third-order valence-corrected chi connectivity index (χ3v) is 5.31. The van der Waals surface area contributed by atoms with Crippen molar-refractivity contribution >= 4 is 12.2 Å². The van der Waals surface area contributed by atoms with Gasteiger partial charge in [0.05, 0.1) is 5.60 Å². The van der Waals surface area contributed by atoms with Gasteiger partial charge < -0.3 is 19.7 Å². The Bertz CT molecular complexity index is 915.